The van der Waals surface area contributed by atoms with Crippen LogP contribution in [0.3, 0.4) is 0 Å². The molecule has 2 heterocycles. The molecule has 0 aliphatic rings. The van der Waals surface area contributed by atoms with Crippen molar-refractivity contribution in [1.29, 1.82) is 0 Å². The molecule has 0 saturated carbocycles. The van der Waals surface area contributed by atoms with E-state index in [1.807, 2.05) is 63.4 Å². The van der Waals surface area contributed by atoms with Gasteiger partial charge in [0.05, 0.1) is 37.2 Å². The third kappa shape index (κ3) is 6.81. The Morgan fingerprint density at radius 1 is 1.03 bits per heavy atom. The van der Waals surface area contributed by atoms with Gasteiger partial charge in [0.2, 0.25) is 5.88 Å². The van der Waals surface area contributed by atoms with Gasteiger partial charge in [0.15, 0.2) is 0 Å². The zero-order valence-corrected chi connectivity index (χ0v) is 20.8. The van der Waals surface area contributed by atoms with E-state index in [1.165, 1.54) is 12.1 Å². The van der Waals surface area contributed by atoms with Crippen molar-refractivity contribution in [2.75, 3.05) is 13.2 Å². The largest absolute Gasteiger partial charge is 0.468 e. The minimum atomic E-state index is -0.694. The Morgan fingerprint density at radius 2 is 1.78 bits per heavy atom. The van der Waals surface area contributed by atoms with Crippen molar-refractivity contribution in [3.05, 3.63) is 90.1 Å². The molecule has 4 aromatic rings. The van der Waals surface area contributed by atoms with Gasteiger partial charge in [0, 0.05) is 25.7 Å². The molecule has 1 atom stereocenters. The number of benzene rings is 2. The van der Waals surface area contributed by atoms with Crippen molar-refractivity contribution >= 4 is 0 Å². The van der Waals surface area contributed by atoms with Crippen molar-refractivity contribution in [2.45, 2.75) is 39.1 Å². The standard InChI is InChI=1S/C28H32FN3O4/c1-20(2)35-19-23(33)16-32(17-25-10-7-15-34-25)18-26-27(21-8-5-4-6-9-21)30-31(3)28(26)36-24-13-11-22(29)12-14-24/h4-15,20,23,33H,16-19H2,1-3H3. The smallest absolute Gasteiger partial charge is 0.222 e. The Morgan fingerprint density at radius 3 is 2.44 bits per heavy atom. The van der Waals surface area contributed by atoms with Crippen LogP contribution in [0, 0.1) is 5.82 Å². The third-order valence-corrected chi connectivity index (χ3v) is 5.60. The molecule has 0 aliphatic carbocycles. The molecule has 8 heteroatoms. The van der Waals surface area contributed by atoms with Crippen LogP contribution < -0.4 is 4.74 Å². The summed E-state index contributed by atoms with van der Waals surface area (Å²) < 4.78 is 32.6. The van der Waals surface area contributed by atoms with Gasteiger partial charge in [-0.25, -0.2) is 9.07 Å². The average Bonchev–Trinajstić information content (AvgIpc) is 3.48. The fraction of sp³-hybridized carbons (Fsp3) is 0.321. The second kappa shape index (κ2) is 12.0. The molecule has 36 heavy (non-hydrogen) atoms. The Kier molecular flexibility index (Phi) is 8.53. The number of hydrogen-bond donors (Lipinski definition) is 1. The van der Waals surface area contributed by atoms with Crippen LogP contribution in [-0.2, 0) is 24.9 Å². The first-order valence-electron chi connectivity index (χ1n) is 12.0. The van der Waals surface area contributed by atoms with E-state index in [4.69, 9.17) is 19.0 Å². The van der Waals surface area contributed by atoms with E-state index >= 15 is 0 Å². The van der Waals surface area contributed by atoms with Gasteiger partial charge in [-0.1, -0.05) is 30.3 Å². The topological polar surface area (TPSA) is 72.9 Å². The van der Waals surface area contributed by atoms with Crippen LogP contribution in [0.15, 0.2) is 77.4 Å². The molecule has 7 nitrogen and oxygen atoms in total. The summed E-state index contributed by atoms with van der Waals surface area (Å²) in [5.41, 5.74) is 2.56. The van der Waals surface area contributed by atoms with E-state index in [9.17, 15) is 9.50 Å². The Balaban J connectivity index is 1.68. The van der Waals surface area contributed by atoms with E-state index in [0.717, 1.165) is 22.6 Å². The normalized spacial score (nSPS) is 12.4. The van der Waals surface area contributed by atoms with Crippen LogP contribution in [0.4, 0.5) is 4.39 Å². The maximum Gasteiger partial charge on any atom is 0.222 e. The van der Waals surface area contributed by atoms with E-state index in [2.05, 4.69) is 4.90 Å². The molecule has 0 spiro atoms. The van der Waals surface area contributed by atoms with Crippen molar-refractivity contribution in [1.82, 2.24) is 14.7 Å². The summed E-state index contributed by atoms with van der Waals surface area (Å²) in [5.74, 6) is 1.49. The number of aliphatic hydroxyl groups excluding tert-OH is 1. The van der Waals surface area contributed by atoms with Crippen LogP contribution >= 0.6 is 0 Å². The second-order valence-corrected chi connectivity index (χ2v) is 8.96. The minimum Gasteiger partial charge on any atom is -0.468 e. The fourth-order valence-electron chi connectivity index (χ4n) is 3.95. The monoisotopic (exact) mass is 493 g/mol. The number of ether oxygens (including phenoxy) is 2. The van der Waals surface area contributed by atoms with Crippen LogP contribution in [0.1, 0.15) is 25.2 Å². The SMILES string of the molecule is CC(C)OCC(O)CN(Cc1ccco1)Cc1c(-c2ccccc2)nn(C)c1Oc1ccc(F)cc1. The molecule has 0 amide bonds. The third-order valence-electron chi connectivity index (χ3n) is 5.60. The number of hydrogen-bond acceptors (Lipinski definition) is 6. The van der Waals surface area contributed by atoms with Gasteiger partial charge >= 0.3 is 0 Å². The van der Waals surface area contributed by atoms with Gasteiger partial charge in [0.25, 0.3) is 0 Å². The molecule has 0 aliphatic heterocycles. The lowest BCUT2D eigenvalue weighted by Crippen LogP contribution is -2.35. The molecule has 0 fully saturated rings. The quantitative estimate of drug-likeness (QED) is 0.285. The molecule has 1 unspecified atom stereocenters. The van der Waals surface area contributed by atoms with Crippen LogP contribution in [0.25, 0.3) is 11.3 Å². The van der Waals surface area contributed by atoms with Crippen LogP contribution in [0.2, 0.25) is 0 Å². The first-order chi connectivity index (χ1) is 17.4. The highest BCUT2D eigenvalue weighted by molar-refractivity contribution is 5.65. The highest BCUT2D eigenvalue weighted by Gasteiger charge is 2.24. The number of nitrogens with zero attached hydrogens (tertiary/aromatic N) is 3. The zero-order valence-electron chi connectivity index (χ0n) is 20.8. The molecule has 0 bridgehead atoms. The molecular weight excluding hydrogens is 461 g/mol. The molecule has 4 rings (SSSR count). The van der Waals surface area contributed by atoms with Gasteiger partial charge in [-0.3, -0.25) is 4.90 Å². The Labute approximate surface area is 210 Å². The number of furan rings is 1. The summed E-state index contributed by atoms with van der Waals surface area (Å²) in [6.07, 6.45) is 0.964. The average molecular weight is 494 g/mol. The summed E-state index contributed by atoms with van der Waals surface area (Å²) in [6, 6.07) is 19.5. The van der Waals surface area contributed by atoms with Crippen LogP contribution in [-0.4, -0.2) is 45.1 Å². The van der Waals surface area contributed by atoms with E-state index < -0.39 is 6.10 Å². The molecular formula is C28H32FN3O4. The number of aryl methyl sites for hydroxylation is 1. The predicted molar refractivity (Wildman–Crippen MR) is 135 cm³/mol. The summed E-state index contributed by atoms with van der Waals surface area (Å²) in [6.45, 7) is 5.36. The van der Waals surface area contributed by atoms with Gasteiger partial charge in [-0.15, -0.1) is 0 Å². The van der Waals surface area contributed by atoms with Gasteiger partial charge in [-0.05, 0) is 50.2 Å². The van der Waals surface area contributed by atoms with E-state index in [-0.39, 0.29) is 18.5 Å². The number of rotatable bonds is 12. The zero-order chi connectivity index (χ0) is 25.5. The van der Waals surface area contributed by atoms with Gasteiger partial charge < -0.3 is 19.0 Å². The first-order valence-corrected chi connectivity index (χ1v) is 12.0. The molecule has 2 aromatic heterocycles. The molecule has 190 valence electrons. The Bertz CT molecular complexity index is 1210. The van der Waals surface area contributed by atoms with Crippen LogP contribution in [0.5, 0.6) is 11.6 Å². The van der Waals surface area contributed by atoms with E-state index in [1.54, 1.807) is 23.1 Å². The number of aliphatic hydroxyl groups is 1. The molecule has 0 saturated heterocycles. The van der Waals surface area contributed by atoms with Gasteiger partial charge in [-0.2, -0.15) is 5.10 Å². The first kappa shape index (κ1) is 25.6. The number of halogens is 1. The lowest BCUT2D eigenvalue weighted by molar-refractivity contribution is -0.0114. The number of aromatic nitrogens is 2. The molecule has 0 radical (unpaired) electrons. The van der Waals surface area contributed by atoms with E-state index in [0.29, 0.717) is 31.3 Å². The van der Waals surface area contributed by atoms with Crippen molar-refractivity contribution < 1.29 is 23.4 Å². The fourth-order valence-corrected chi connectivity index (χ4v) is 3.95. The molecule has 2 aromatic carbocycles. The Hall–Kier alpha value is -3.46. The molecule has 1 N–H and O–H groups in total. The predicted octanol–water partition coefficient (Wildman–Crippen LogP) is 5.40. The second-order valence-electron chi connectivity index (χ2n) is 8.96. The van der Waals surface area contributed by atoms with Crippen molar-refractivity contribution in [3.63, 3.8) is 0 Å². The van der Waals surface area contributed by atoms with Gasteiger partial charge in [0.1, 0.15) is 23.0 Å². The highest BCUT2D eigenvalue weighted by Crippen LogP contribution is 2.34. The summed E-state index contributed by atoms with van der Waals surface area (Å²) in [5, 5.41) is 15.5. The summed E-state index contributed by atoms with van der Waals surface area (Å²) >= 11 is 0. The summed E-state index contributed by atoms with van der Waals surface area (Å²) in [4.78, 5) is 2.08. The highest BCUT2D eigenvalue weighted by atomic mass is 19.1. The lowest BCUT2D eigenvalue weighted by atomic mass is 10.1. The van der Waals surface area contributed by atoms with Crippen molar-refractivity contribution in [3.8, 4) is 22.9 Å². The van der Waals surface area contributed by atoms with Crippen molar-refractivity contribution in [2.24, 2.45) is 7.05 Å². The minimum absolute atomic E-state index is 0.0249. The maximum atomic E-state index is 13.5. The lowest BCUT2D eigenvalue weighted by Gasteiger charge is -2.25. The maximum absolute atomic E-state index is 13.5. The summed E-state index contributed by atoms with van der Waals surface area (Å²) in [7, 11) is 1.82.